The summed E-state index contributed by atoms with van der Waals surface area (Å²) >= 11 is 0. The van der Waals surface area contributed by atoms with Gasteiger partial charge < -0.3 is 14.9 Å². The Labute approximate surface area is 156 Å². The lowest BCUT2D eigenvalue weighted by Crippen LogP contribution is -2.59. The number of benzene rings is 1. The van der Waals surface area contributed by atoms with Gasteiger partial charge in [-0.05, 0) is 56.7 Å². The normalized spacial score (nSPS) is 21.0. The Bertz CT molecular complexity index is 676. The Kier molecular flexibility index (Phi) is 5.37. The molecule has 1 aromatic carbocycles. The summed E-state index contributed by atoms with van der Waals surface area (Å²) in [6.07, 6.45) is 4.23. The van der Waals surface area contributed by atoms with Crippen LogP contribution in [-0.2, 0) is 4.79 Å². The van der Waals surface area contributed by atoms with Gasteiger partial charge in [0.05, 0.1) is 0 Å². The highest BCUT2D eigenvalue weighted by molar-refractivity contribution is 5.95. The largest absolute Gasteiger partial charge is 0.381 e. The van der Waals surface area contributed by atoms with Gasteiger partial charge in [0.2, 0.25) is 0 Å². The van der Waals surface area contributed by atoms with Crippen LogP contribution in [0.3, 0.4) is 0 Å². The summed E-state index contributed by atoms with van der Waals surface area (Å²) in [7, 11) is 0. The minimum absolute atomic E-state index is 0.00266. The number of nitrogens with zero attached hydrogens (tertiary/aromatic N) is 2. The second-order valence-electron chi connectivity index (χ2n) is 8.15. The average Bonchev–Trinajstić information content (AvgIpc) is 3.45. The van der Waals surface area contributed by atoms with E-state index in [4.69, 9.17) is 0 Å². The lowest BCUT2D eigenvalue weighted by Gasteiger charge is -2.43. The van der Waals surface area contributed by atoms with Crippen molar-refractivity contribution in [3.05, 3.63) is 35.4 Å². The number of piperazine rings is 1. The minimum Gasteiger partial charge on any atom is -0.381 e. The number of carbonyl (C=O) groups excluding carboxylic acids is 2. The first-order valence-corrected chi connectivity index (χ1v) is 9.74. The molecule has 5 heteroatoms. The SMILES string of the molecule is CCCC1CN(C(=O)C(C)(C)O)CCN1C(=O)c1cccc(C2CC2)c1. The Morgan fingerprint density at radius 2 is 1.96 bits per heavy atom. The third-order valence-electron chi connectivity index (χ3n) is 5.36. The van der Waals surface area contributed by atoms with E-state index in [1.165, 1.54) is 32.3 Å². The highest BCUT2D eigenvalue weighted by Crippen LogP contribution is 2.40. The average molecular weight is 358 g/mol. The van der Waals surface area contributed by atoms with Gasteiger partial charge >= 0.3 is 0 Å². The van der Waals surface area contributed by atoms with E-state index in [2.05, 4.69) is 13.0 Å². The van der Waals surface area contributed by atoms with Gasteiger partial charge in [-0.1, -0.05) is 25.5 Å². The summed E-state index contributed by atoms with van der Waals surface area (Å²) in [5.41, 5.74) is 0.637. The molecule has 3 rings (SSSR count). The Hall–Kier alpha value is -1.88. The Balaban J connectivity index is 1.75. The van der Waals surface area contributed by atoms with Crippen molar-refractivity contribution in [3.8, 4) is 0 Å². The molecule has 0 radical (unpaired) electrons. The molecule has 1 N–H and O–H groups in total. The molecule has 1 aliphatic heterocycles. The quantitative estimate of drug-likeness (QED) is 0.880. The molecule has 1 aromatic rings. The van der Waals surface area contributed by atoms with Crippen LogP contribution in [0.2, 0.25) is 0 Å². The van der Waals surface area contributed by atoms with E-state index in [-0.39, 0.29) is 17.9 Å². The molecular weight excluding hydrogens is 328 g/mol. The lowest BCUT2D eigenvalue weighted by atomic mass is 10.0. The van der Waals surface area contributed by atoms with E-state index >= 15 is 0 Å². The van der Waals surface area contributed by atoms with E-state index in [9.17, 15) is 14.7 Å². The minimum atomic E-state index is -1.37. The standard InChI is InChI=1S/C21H30N2O3/c1-4-6-18-14-22(20(25)21(2,3)26)11-12-23(18)19(24)17-8-5-7-16(13-17)15-9-10-15/h5,7-8,13,15,18,26H,4,6,9-12,14H2,1-3H3. The number of hydrogen-bond acceptors (Lipinski definition) is 3. The van der Waals surface area contributed by atoms with Crippen molar-refractivity contribution < 1.29 is 14.7 Å². The lowest BCUT2D eigenvalue weighted by molar-refractivity contribution is -0.150. The fourth-order valence-electron chi connectivity index (χ4n) is 3.78. The maximum Gasteiger partial charge on any atom is 0.254 e. The number of carbonyl (C=O) groups is 2. The molecule has 1 saturated heterocycles. The van der Waals surface area contributed by atoms with Crippen LogP contribution in [0, 0.1) is 0 Å². The third-order valence-corrected chi connectivity index (χ3v) is 5.36. The number of aliphatic hydroxyl groups is 1. The number of amides is 2. The van der Waals surface area contributed by atoms with Crippen LogP contribution in [-0.4, -0.2) is 58.0 Å². The van der Waals surface area contributed by atoms with Crippen LogP contribution in [0.4, 0.5) is 0 Å². The molecular formula is C21H30N2O3. The maximum absolute atomic E-state index is 13.1. The molecule has 0 bridgehead atoms. The fraction of sp³-hybridized carbons (Fsp3) is 0.619. The molecule has 0 aromatic heterocycles. The molecule has 1 aliphatic carbocycles. The molecule has 0 spiro atoms. The number of hydrogen-bond donors (Lipinski definition) is 1. The van der Waals surface area contributed by atoms with Gasteiger partial charge in [-0.25, -0.2) is 0 Å². The molecule has 1 atom stereocenters. The first kappa shape index (κ1) is 18.9. The summed E-state index contributed by atoms with van der Waals surface area (Å²) < 4.78 is 0. The van der Waals surface area contributed by atoms with Crippen LogP contribution in [0.25, 0.3) is 0 Å². The first-order valence-electron chi connectivity index (χ1n) is 9.74. The van der Waals surface area contributed by atoms with Crippen LogP contribution in [0.5, 0.6) is 0 Å². The summed E-state index contributed by atoms with van der Waals surface area (Å²) in [6, 6.07) is 8.02. The molecule has 2 fully saturated rings. The fourth-order valence-corrected chi connectivity index (χ4v) is 3.78. The third kappa shape index (κ3) is 4.09. The zero-order valence-corrected chi connectivity index (χ0v) is 16.1. The van der Waals surface area contributed by atoms with E-state index in [0.717, 1.165) is 18.4 Å². The molecule has 5 nitrogen and oxygen atoms in total. The van der Waals surface area contributed by atoms with Gasteiger partial charge in [0.15, 0.2) is 0 Å². The summed E-state index contributed by atoms with van der Waals surface area (Å²) in [6.45, 7) is 6.60. The molecule has 2 aliphatic rings. The van der Waals surface area contributed by atoms with Gasteiger partial charge in [-0.15, -0.1) is 0 Å². The van der Waals surface area contributed by atoms with Crippen molar-refractivity contribution in [3.63, 3.8) is 0 Å². The van der Waals surface area contributed by atoms with E-state index < -0.39 is 5.60 Å². The Morgan fingerprint density at radius 3 is 2.58 bits per heavy atom. The second-order valence-corrected chi connectivity index (χ2v) is 8.15. The predicted molar refractivity (Wildman–Crippen MR) is 101 cm³/mol. The van der Waals surface area contributed by atoms with Crippen LogP contribution in [0.1, 0.15) is 68.3 Å². The predicted octanol–water partition coefficient (Wildman–Crippen LogP) is 2.79. The van der Waals surface area contributed by atoms with Crippen molar-refractivity contribution in [1.29, 1.82) is 0 Å². The van der Waals surface area contributed by atoms with E-state index in [1.807, 2.05) is 23.1 Å². The summed E-state index contributed by atoms with van der Waals surface area (Å²) in [4.78, 5) is 29.2. The van der Waals surface area contributed by atoms with Crippen molar-refractivity contribution in [2.24, 2.45) is 0 Å². The number of rotatable bonds is 5. The van der Waals surface area contributed by atoms with E-state index in [0.29, 0.717) is 25.6 Å². The molecule has 1 heterocycles. The zero-order chi connectivity index (χ0) is 18.9. The van der Waals surface area contributed by atoms with Gasteiger partial charge in [0, 0.05) is 31.2 Å². The van der Waals surface area contributed by atoms with Gasteiger partial charge in [0.1, 0.15) is 5.60 Å². The van der Waals surface area contributed by atoms with Crippen molar-refractivity contribution in [2.45, 2.75) is 64.0 Å². The van der Waals surface area contributed by atoms with Crippen molar-refractivity contribution in [1.82, 2.24) is 9.80 Å². The first-order chi connectivity index (χ1) is 12.3. The highest BCUT2D eigenvalue weighted by Gasteiger charge is 2.37. The van der Waals surface area contributed by atoms with Crippen LogP contribution in [0.15, 0.2) is 24.3 Å². The van der Waals surface area contributed by atoms with Gasteiger partial charge in [0.25, 0.3) is 11.8 Å². The topological polar surface area (TPSA) is 60.9 Å². The van der Waals surface area contributed by atoms with Crippen molar-refractivity contribution >= 4 is 11.8 Å². The molecule has 1 unspecified atom stereocenters. The van der Waals surface area contributed by atoms with Crippen LogP contribution < -0.4 is 0 Å². The Morgan fingerprint density at radius 1 is 1.23 bits per heavy atom. The van der Waals surface area contributed by atoms with E-state index in [1.54, 1.807) is 4.90 Å². The van der Waals surface area contributed by atoms with Crippen molar-refractivity contribution in [2.75, 3.05) is 19.6 Å². The monoisotopic (exact) mass is 358 g/mol. The second kappa shape index (κ2) is 7.39. The molecule has 2 amide bonds. The zero-order valence-electron chi connectivity index (χ0n) is 16.1. The molecule has 26 heavy (non-hydrogen) atoms. The highest BCUT2D eigenvalue weighted by atomic mass is 16.3. The summed E-state index contributed by atoms with van der Waals surface area (Å²) in [5.74, 6) is 0.415. The molecule has 142 valence electrons. The molecule has 1 saturated carbocycles. The van der Waals surface area contributed by atoms with Gasteiger partial charge in [-0.3, -0.25) is 9.59 Å². The maximum atomic E-state index is 13.1. The van der Waals surface area contributed by atoms with Crippen LogP contribution >= 0.6 is 0 Å². The smallest absolute Gasteiger partial charge is 0.254 e. The summed E-state index contributed by atoms with van der Waals surface area (Å²) in [5, 5.41) is 10.0. The van der Waals surface area contributed by atoms with Gasteiger partial charge in [-0.2, -0.15) is 0 Å².